The molecule has 9 nitrogen and oxygen atoms in total. The molecule has 1 unspecified atom stereocenters. The van der Waals surface area contributed by atoms with Crippen molar-refractivity contribution in [1.29, 1.82) is 0 Å². The summed E-state index contributed by atoms with van der Waals surface area (Å²) in [6.07, 6.45) is -0.0170. The summed E-state index contributed by atoms with van der Waals surface area (Å²) in [5.41, 5.74) is 1.97. The number of hydrogen-bond acceptors (Lipinski definition) is 7. The van der Waals surface area contributed by atoms with Crippen molar-refractivity contribution in [2.24, 2.45) is 10.2 Å². The quantitative estimate of drug-likeness (QED) is 0.396. The molecule has 1 heterocycles. The van der Waals surface area contributed by atoms with Crippen LogP contribution in [-0.2, 0) is 9.59 Å². The van der Waals surface area contributed by atoms with E-state index in [0.717, 1.165) is 21.8 Å². The average Bonchev–Trinajstić information content (AvgIpc) is 2.77. The van der Waals surface area contributed by atoms with E-state index in [4.69, 9.17) is 9.84 Å². The molecule has 1 aliphatic heterocycles. The lowest BCUT2D eigenvalue weighted by molar-refractivity contribution is -0.123. The van der Waals surface area contributed by atoms with Crippen LogP contribution in [0.4, 0.5) is 5.69 Å². The molecule has 3 N–H and O–H groups in total. The number of rotatable bonds is 6. The maximum atomic E-state index is 12.6. The van der Waals surface area contributed by atoms with E-state index in [1.165, 1.54) is 24.3 Å². The standard InChI is InChI=1S/C21H19BrN4O5S/c1-11(13-5-8-16(31-2)15(22)9-13)25-26-21-24-18(27)10-17(32-21)19(28)23-14-6-3-12(4-7-14)20(29)30/h3-9,17H,10H2,1-2H3,(H,23,28)(H,29,30)(H,24,26,27)/b25-11+. The summed E-state index contributed by atoms with van der Waals surface area (Å²) in [7, 11) is 1.58. The largest absolute Gasteiger partial charge is 0.496 e. The molecule has 11 heteroatoms. The molecule has 3 rings (SSSR count). The molecule has 2 aromatic carbocycles. The maximum absolute atomic E-state index is 12.6. The van der Waals surface area contributed by atoms with Gasteiger partial charge in [-0.2, -0.15) is 5.10 Å². The first-order valence-electron chi connectivity index (χ1n) is 9.33. The van der Waals surface area contributed by atoms with Gasteiger partial charge >= 0.3 is 5.97 Å². The number of nitrogens with one attached hydrogen (secondary N) is 2. The van der Waals surface area contributed by atoms with Gasteiger partial charge in [0, 0.05) is 12.1 Å². The minimum absolute atomic E-state index is 0.0170. The fourth-order valence-corrected chi connectivity index (χ4v) is 4.20. The number of halogens is 1. The Balaban J connectivity index is 1.69. The number of nitrogens with zero attached hydrogens (tertiary/aromatic N) is 2. The zero-order valence-electron chi connectivity index (χ0n) is 17.1. The number of thioether (sulfide) groups is 1. The van der Waals surface area contributed by atoms with E-state index >= 15 is 0 Å². The first-order valence-corrected chi connectivity index (χ1v) is 11.0. The Morgan fingerprint density at radius 2 is 1.91 bits per heavy atom. The van der Waals surface area contributed by atoms with Crippen molar-refractivity contribution >= 4 is 62.0 Å². The number of amides is 2. The number of benzene rings is 2. The third-order valence-electron chi connectivity index (χ3n) is 4.42. The van der Waals surface area contributed by atoms with Crippen molar-refractivity contribution in [3.05, 3.63) is 58.1 Å². The van der Waals surface area contributed by atoms with Gasteiger partial charge in [0.2, 0.25) is 11.8 Å². The van der Waals surface area contributed by atoms with Crippen LogP contribution >= 0.6 is 27.7 Å². The molecule has 0 aromatic heterocycles. The number of ether oxygens (including phenoxy) is 1. The van der Waals surface area contributed by atoms with Gasteiger partial charge < -0.3 is 20.5 Å². The van der Waals surface area contributed by atoms with Crippen LogP contribution in [0.2, 0.25) is 0 Å². The fraction of sp³-hybridized carbons (Fsp3) is 0.190. The SMILES string of the molecule is COc1ccc(/C(C)=N/N=C2\NC(=O)CC(C(=O)Nc3ccc(C(=O)O)cc3)S2)cc1Br. The van der Waals surface area contributed by atoms with Crippen LogP contribution in [0.15, 0.2) is 57.1 Å². The molecule has 0 saturated carbocycles. The van der Waals surface area contributed by atoms with Gasteiger partial charge in [-0.1, -0.05) is 11.8 Å². The zero-order chi connectivity index (χ0) is 23.3. The van der Waals surface area contributed by atoms with E-state index in [9.17, 15) is 14.4 Å². The highest BCUT2D eigenvalue weighted by Gasteiger charge is 2.30. The Hall–Kier alpha value is -3.18. The first kappa shape index (κ1) is 23.5. The molecule has 1 saturated heterocycles. The normalized spacial score (nSPS) is 17.6. The molecule has 166 valence electrons. The number of aromatic carboxylic acids is 1. The van der Waals surface area contributed by atoms with Crippen molar-refractivity contribution in [3.63, 3.8) is 0 Å². The van der Waals surface area contributed by atoms with Gasteiger partial charge in [-0.25, -0.2) is 4.79 Å². The summed E-state index contributed by atoms with van der Waals surface area (Å²) in [6.45, 7) is 1.78. The average molecular weight is 519 g/mol. The third-order valence-corrected chi connectivity index (χ3v) is 6.12. The lowest BCUT2D eigenvalue weighted by Crippen LogP contribution is -2.41. The second kappa shape index (κ2) is 10.4. The summed E-state index contributed by atoms with van der Waals surface area (Å²) in [6, 6.07) is 11.2. The van der Waals surface area contributed by atoms with Crippen LogP contribution in [0.5, 0.6) is 5.75 Å². The lowest BCUT2D eigenvalue weighted by Gasteiger charge is -2.21. The topological polar surface area (TPSA) is 129 Å². The summed E-state index contributed by atoms with van der Waals surface area (Å²) in [5, 5.41) is 22.0. The number of carboxylic acids is 1. The number of carboxylic acid groups (broad SMARTS) is 1. The Bertz CT molecular complexity index is 1120. The fourth-order valence-electron chi connectivity index (χ4n) is 2.73. The smallest absolute Gasteiger partial charge is 0.335 e. The van der Waals surface area contributed by atoms with E-state index < -0.39 is 11.2 Å². The van der Waals surface area contributed by atoms with Crippen LogP contribution in [0, 0.1) is 0 Å². The Morgan fingerprint density at radius 3 is 2.53 bits per heavy atom. The van der Waals surface area contributed by atoms with Crippen molar-refractivity contribution in [1.82, 2.24) is 5.32 Å². The molecule has 1 aliphatic rings. The van der Waals surface area contributed by atoms with E-state index in [1.807, 2.05) is 12.1 Å². The number of carbonyl (C=O) groups is 3. The number of hydrogen-bond donors (Lipinski definition) is 3. The number of carbonyl (C=O) groups excluding carboxylic acids is 2. The van der Waals surface area contributed by atoms with Gasteiger partial charge in [-0.3, -0.25) is 9.59 Å². The van der Waals surface area contributed by atoms with Crippen molar-refractivity contribution < 1.29 is 24.2 Å². The highest BCUT2D eigenvalue weighted by atomic mass is 79.9. The van der Waals surface area contributed by atoms with Gasteiger partial charge in [0.1, 0.15) is 11.0 Å². The summed E-state index contributed by atoms with van der Waals surface area (Å²) in [4.78, 5) is 35.6. The minimum atomic E-state index is -1.05. The molecule has 1 fully saturated rings. The third kappa shape index (κ3) is 5.95. The highest BCUT2D eigenvalue weighted by Crippen LogP contribution is 2.26. The minimum Gasteiger partial charge on any atom is -0.496 e. The highest BCUT2D eigenvalue weighted by molar-refractivity contribution is 9.10. The van der Waals surface area contributed by atoms with Crippen LogP contribution in [-0.4, -0.2) is 46.1 Å². The lowest BCUT2D eigenvalue weighted by atomic mass is 10.1. The number of anilines is 1. The van der Waals surface area contributed by atoms with Gasteiger partial charge in [0.25, 0.3) is 0 Å². The second-order valence-electron chi connectivity index (χ2n) is 6.67. The Kier molecular flexibility index (Phi) is 7.65. The summed E-state index contributed by atoms with van der Waals surface area (Å²) in [5.74, 6) is -1.10. The van der Waals surface area contributed by atoms with Crippen LogP contribution in [0.3, 0.4) is 0 Å². The van der Waals surface area contributed by atoms with Crippen LogP contribution in [0.1, 0.15) is 29.3 Å². The van der Waals surface area contributed by atoms with Crippen LogP contribution < -0.4 is 15.4 Å². The van der Waals surface area contributed by atoms with Gasteiger partial charge in [0.05, 0.1) is 22.9 Å². The molecule has 0 spiro atoms. The zero-order valence-corrected chi connectivity index (χ0v) is 19.5. The molecule has 2 aromatic rings. The molecular weight excluding hydrogens is 500 g/mol. The van der Waals surface area contributed by atoms with Crippen molar-refractivity contribution in [2.45, 2.75) is 18.6 Å². The van der Waals surface area contributed by atoms with E-state index in [0.29, 0.717) is 17.1 Å². The molecule has 0 radical (unpaired) electrons. The molecule has 32 heavy (non-hydrogen) atoms. The summed E-state index contributed by atoms with van der Waals surface area (Å²) >= 11 is 4.52. The Morgan fingerprint density at radius 1 is 1.22 bits per heavy atom. The van der Waals surface area contributed by atoms with E-state index in [-0.39, 0.29) is 29.0 Å². The predicted molar refractivity (Wildman–Crippen MR) is 127 cm³/mol. The number of amidine groups is 1. The van der Waals surface area contributed by atoms with E-state index in [1.54, 1.807) is 20.1 Å². The number of methoxy groups -OCH3 is 1. The first-order chi connectivity index (χ1) is 15.3. The molecule has 1 atom stereocenters. The second-order valence-corrected chi connectivity index (χ2v) is 8.72. The van der Waals surface area contributed by atoms with Crippen LogP contribution in [0.25, 0.3) is 0 Å². The van der Waals surface area contributed by atoms with E-state index in [2.05, 4.69) is 36.8 Å². The summed E-state index contributed by atoms with van der Waals surface area (Å²) < 4.78 is 5.98. The monoisotopic (exact) mass is 518 g/mol. The molecular formula is C21H19BrN4O5S. The van der Waals surface area contributed by atoms with Gasteiger partial charge in [0.15, 0.2) is 5.17 Å². The van der Waals surface area contributed by atoms with Crippen molar-refractivity contribution in [3.8, 4) is 5.75 Å². The van der Waals surface area contributed by atoms with Crippen molar-refractivity contribution in [2.75, 3.05) is 12.4 Å². The molecule has 2 amide bonds. The molecule has 0 aliphatic carbocycles. The predicted octanol–water partition coefficient (Wildman–Crippen LogP) is 3.50. The molecule has 0 bridgehead atoms. The maximum Gasteiger partial charge on any atom is 0.335 e. The van der Waals surface area contributed by atoms with Gasteiger partial charge in [-0.15, -0.1) is 5.10 Å². The van der Waals surface area contributed by atoms with Gasteiger partial charge in [-0.05, 0) is 70.9 Å². The Labute approximate surface area is 196 Å².